The van der Waals surface area contributed by atoms with Crippen molar-refractivity contribution < 1.29 is 23.2 Å². The summed E-state index contributed by atoms with van der Waals surface area (Å²) in [5, 5.41) is 0. The second-order valence-electron chi connectivity index (χ2n) is 7.16. The fourth-order valence-electron chi connectivity index (χ4n) is 3.04. The van der Waals surface area contributed by atoms with Crippen molar-refractivity contribution in [1.29, 1.82) is 1.34 Å². The highest BCUT2D eigenvalue weighted by Crippen LogP contribution is 2.21. The molecule has 0 aliphatic rings. The summed E-state index contributed by atoms with van der Waals surface area (Å²) in [6, 6.07) is 17.7. The first kappa shape index (κ1) is 22.9. The van der Waals surface area contributed by atoms with Crippen molar-refractivity contribution in [3.63, 3.8) is 0 Å². The van der Waals surface area contributed by atoms with Crippen LogP contribution in [0.15, 0.2) is 54.6 Å². The number of carbonyl (C=O) groups excluding carboxylic acids is 1. The Morgan fingerprint density at radius 3 is 2.37 bits per heavy atom. The zero-order valence-electron chi connectivity index (χ0n) is 18.8. The number of ketones is 1. The highest BCUT2D eigenvalue weighted by molar-refractivity contribution is 8.15. The van der Waals surface area contributed by atoms with Crippen molar-refractivity contribution in [2.75, 3.05) is 7.11 Å². The van der Waals surface area contributed by atoms with Gasteiger partial charge in [0.15, 0.2) is 0 Å². The van der Waals surface area contributed by atoms with Gasteiger partial charge in [-0.3, -0.25) is 4.79 Å². The van der Waals surface area contributed by atoms with Crippen molar-refractivity contribution in [3.05, 3.63) is 65.7 Å². The molecule has 0 amide bonds. The first-order chi connectivity index (χ1) is 15.0. The van der Waals surface area contributed by atoms with Crippen LogP contribution in [-0.4, -0.2) is 39.6 Å². The number of hydrogen-bond acceptors (Lipinski definition) is 6. The Bertz CT molecular complexity index is 762. The second-order valence-corrected chi connectivity index (χ2v) is 7.54. The second kappa shape index (κ2) is 13.5. The Hall–Kier alpha value is -1.80. The van der Waals surface area contributed by atoms with Gasteiger partial charge in [0.05, 0.1) is 38.6 Å². The topological polar surface area (TPSA) is 54.0 Å². The average molecular weight is 431 g/mol. The minimum atomic E-state index is -0.368. The number of hydrogen-bond donors (Lipinski definition) is 0. The highest BCUT2D eigenvalue weighted by Gasteiger charge is 2.25. The summed E-state index contributed by atoms with van der Waals surface area (Å²) in [4.78, 5) is 11.7. The standard InChI is InChI=1S/C23H30BO5S/c1-17(25)13-22(29-30-24)14-23(18(2)27-15-19-7-5-4-6-8-19)28-16-20-9-11-21(26-3)12-10-20/h4-12,18,22-24H,13-16H2,1-3H3/t18-,22+,23-/m1/s1/i24T. The Kier molecular flexibility index (Phi) is 10.3. The summed E-state index contributed by atoms with van der Waals surface area (Å²) in [5.74, 6) is 0.820. The number of ether oxygens (including phenoxy) is 3. The van der Waals surface area contributed by atoms with Gasteiger partial charge in [-0.05, 0) is 38.4 Å². The van der Waals surface area contributed by atoms with Crippen LogP contribution in [0.5, 0.6) is 5.75 Å². The van der Waals surface area contributed by atoms with Gasteiger partial charge in [0, 0.05) is 12.8 Å². The summed E-state index contributed by atoms with van der Waals surface area (Å²) in [5.41, 5.74) is 2.10. The maximum Gasteiger partial charge on any atom is 0.209 e. The number of methoxy groups -OCH3 is 1. The van der Waals surface area contributed by atoms with Crippen LogP contribution in [0.2, 0.25) is 0 Å². The lowest BCUT2D eigenvalue weighted by Crippen LogP contribution is -2.33. The van der Waals surface area contributed by atoms with Gasteiger partial charge >= 0.3 is 0 Å². The van der Waals surface area contributed by atoms with E-state index in [-0.39, 0.29) is 30.5 Å². The molecule has 5 nitrogen and oxygen atoms in total. The molecule has 3 atom stereocenters. The van der Waals surface area contributed by atoms with Gasteiger partial charge in [0.25, 0.3) is 0 Å². The van der Waals surface area contributed by atoms with Gasteiger partial charge in [-0.25, -0.2) is 0 Å². The van der Waals surface area contributed by atoms with E-state index < -0.39 is 0 Å². The molecule has 0 aliphatic heterocycles. The maximum atomic E-state index is 11.7. The fourth-order valence-corrected chi connectivity index (χ4v) is 3.35. The van der Waals surface area contributed by atoms with E-state index in [1.807, 2.05) is 61.5 Å². The molecule has 2 aromatic carbocycles. The van der Waals surface area contributed by atoms with Gasteiger partial charge in [-0.2, -0.15) is 0 Å². The number of carbonyl (C=O) groups is 1. The number of rotatable bonds is 15. The van der Waals surface area contributed by atoms with Gasteiger partial charge in [0.1, 0.15) is 11.5 Å². The molecule has 7 heteroatoms. The van der Waals surface area contributed by atoms with Crippen molar-refractivity contribution in [1.82, 2.24) is 0 Å². The third kappa shape index (κ3) is 8.92. The molecule has 0 saturated heterocycles. The van der Waals surface area contributed by atoms with Gasteiger partial charge < -0.3 is 18.4 Å². The minimum Gasteiger partial charge on any atom is -0.497 e. The van der Waals surface area contributed by atoms with E-state index in [0.717, 1.165) is 35.9 Å². The number of Topliss-reactive ketones (excluding diaryl/α,β-unsaturated/α-hetero) is 1. The lowest BCUT2D eigenvalue weighted by atomic mass is 10.0. The van der Waals surface area contributed by atoms with E-state index in [9.17, 15) is 4.79 Å². The summed E-state index contributed by atoms with van der Waals surface area (Å²) < 4.78 is 30.3. The molecule has 0 heterocycles. The van der Waals surface area contributed by atoms with Crippen LogP contribution >= 0.6 is 11.9 Å². The van der Waals surface area contributed by atoms with Crippen molar-refractivity contribution in [3.8, 4) is 5.75 Å². The zero-order chi connectivity index (χ0) is 22.5. The fraction of sp³-hybridized carbons (Fsp3) is 0.435. The quantitative estimate of drug-likeness (QED) is 0.308. The van der Waals surface area contributed by atoms with Crippen LogP contribution in [0.4, 0.5) is 0 Å². The van der Waals surface area contributed by atoms with E-state index in [1.54, 1.807) is 7.11 Å². The van der Waals surface area contributed by atoms with Crippen molar-refractivity contribution in [2.24, 2.45) is 0 Å². The van der Waals surface area contributed by atoms with Gasteiger partial charge in [-0.1, -0.05) is 54.4 Å². The van der Waals surface area contributed by atoms with Crippen molar-refractivity contribution >= 4 is 24.8 Å². The number of benzene rings is 2. The van der Waals surface area contributed by atoms with Gasteiger partial charge in [-0.15, -0.1) is 0 Å². The van der Waals surface area contributed by atoms with E-state index >= 15 is 0 Å². The predicted molar refractivity (Wildman–Crippen MR) is 122 cm³/mol. The van der Waals surface area contributed by atoms with Crippen LogP contribution in [0, 0.1) is 0 Å². The maximum absolute atomic E-state index is 11.7. The molecular weight excluding hydrogens is 399 g/mol. The summed E-state index contributed by atoms with van der Waals surface area (Å²) >= 11 is 0.920. The average Bonchev–Trinajstić information content (AvgIpc) is 2.79. The zero-order valence-corrected chi connectivity index (χ0v) is 18.6. The largest absolute Gasteiger partial charge is 0.497 e. The highest BCUT2D eigenvalue weighted by atomic mass is 32.2. The molecule has 2 aromatic rings. The van der Waals surface area contributed by atoms with E-state index in [0.29, 0.717) is 19.6 Å². The van der Waals surface area contributed by atoms with Crippen LogP contribution < -0.4 is 4.74 Å². The first-order valence-electron chi connectivity index (χ1n) is 10.5. The third-order valence-corrected chi connectivity index (χ3v) is 5.09. The summed E-state index contributed by atoms with van der Waals surface area (Å²) in [7, 11) is 2.74. The molecule has 0 aromatic heterocycles. The molecule has 161 valence electrons. The lowest BCUT2D eigenvalue weighted by molar-refractivity contribution is -0.120. The molecule has 0 spiro atoms. The van der Waals surface area contributed by atoms with Gasteiger partial charge in [0.2, 0.25) is 7.09 Å². The molecule has 1 radical (unpaired) electrons. The van der Waals surface area contributed by atoms with Crippen LogP contribution in [0.1, 0.15) is 37.8 Å². The normalized spacial score (nSPS) is 14.4. The molecule has 0 saturated carbocycles. The molecule has 0 unspecified atom stereocenters. The Balaban J connectivity index is 2.04. The SMILES string of the molecule is [3H][B]SO[C@@H](CC(C)=O)C[C@@H](OCc1ccc(OC)cc1)[C@@H](C)OCc1ccccc1. The monoisotopic (exact) mass is 431 g/mol. The first-order valence-corrected chi connectivity index (χ1v) is 10.7. The molecule has 0 bridgehead atoms. The van der Waals surface area contributed by atoms with Crippen LogP contribution in [0.25, 0.3) is 0 Å². The summed E-state index contributed by atoms with van der Waals surface area (Å²) in [6.45, 7) is 4.38. The predicted octanol–water partition coefficient (Wildman–Crippen LogP) is 4.40. The van der Waals surface area contributed by atoms with Crippen molar-refractivity contribution in [2.45, 2.75) is 58.2 Å². The Morgan fingerprint density at radius 1 is 1.07 bits per heavy atom. The molecule has 0 aliphatic carbocycles. The molecule has 0 fully saturated rings. The third-order valence-electron chi connectivity index (χ3n) is 4.70. The summed E-state index contributed by atoms with van der Waals surface area (Å²) in [6.07, 6.45) is -0.142. The smallest absolute Gasteiger partial charge is 0.209 e. The Morgan fingerprint density at radius 2 is 1.73 bits per heavy atom. The molecule has 2 rings (SSSR count). The van der Waals surface area contributed by atoms with Crippen LogP contribution in [-0.2, 0) is 31.7 Å². The molecule has 30 heavy (non-hydrogen) atoms. The Labute approximate surface area is 186 Å². The van der Waals surface area contributed by atoms with E-state index in [2.05, 4.69) is 0 Å². The van der Waals surface area contributed by atoms with E-state index in [4.69, 9.17) is 19.7 Å². The van der Waals surface area contributed by atoms with E-state index in [1.165, 1.54) is 6.92 Å². The van der Waals surface area contributed by atoms with Crippen LogP contribution in [0.3, 0.4) is 0 Å². The molecule has 0 N–H and O–H groups in total. The lowest BCUT2D eigenvalue weighted by Gasteiger charge is -2.28. The molecular formula is C23H30BO5S. The minimum absolute atomic E-state index is 0.0299.